The molecule has 2 aromatic heterocycles. The molecule has 0 radical (unpaired) electrons. The van der Waals surface area contributed by atoms with Crippen LogP contribution in [0.2, 0.25) is 0 Å². The molecule has 0 saturated heterocycles. The second kappa shape index (κ2) is 8.60. The van der Waals surface area contributed by atoms with Gasteiger partial charge in [-0.15, -0.1) is 0 Å². The number of hydrogen-bond donors (Lipinski definition) is 1. The summed E-state index contributed by atoms with van der Waals surface area (Å²) < 4.78 is 3.65. The van der Waals surface area contributed by atoms with Gasteiger partial charge in [0.05, 0.1) is 19.3 Å². The topological polar surface area (TPSA) is 64.7 Å². The van der Waals surface area contributed by atoms with Crippen LogP contribution >= 0.6 is 0 Å². The lowest BCUT2D eigenvalue weighted by molar-refractivity contribution is 0.102. The van der Waals surface area contributed by atoms with Crippen molar-refractivity contribution in [2.24, 2.45) is 0 Å². The van der Waals surface area contributed by atoms with Gasteiger partial charge >= 0.3 is 0 Å². The van der Waals surface area contributed by atoms with Crippen molar-refractivity contribution in [2.45, 2.75) is 39.3 Å². The summed E-state index contributed by atoms with van der Waals surface area (Å²) in [6.45, 7) is 7.87. The van der Waals surface area contributed by atoms with Crippen LogP contribution in [0, 0.1) is 0 Å². The van der Waals surface area contributed by atoms with Crippen molar-refractivity contribution < 1.29 is 4.79 Å². The first-order valence-corrected chi connectivity index (χ1v) is 10.4. The van der Waals surface area contributed by atoms with E-state index < -0.39 is 0 Å². The van der Waals surface area contributed by atoms with Crippen molar-refractivity contribution in [3.05, 3.63) is 102 Å². The summed E-state index contributed by atoms with van der Waals surface area (Å²) in [5.74, 6) is 0.515. The predicted molar refractivity (Wildman–Crippen MR) is 122 cm³/mol. The van der Waals surface area contributed by atoms with Crippen molar-refractivity contribution >= 4 is 11.7 Å². The van der Waals surface area contributed by atoms with E-state index in [1.54, 1.807) is 17.1 Å². The Hall–Kier alpha value is -3.67. The average molecular weight is 414 g/mol. The Balaban J connectivity index is 1.41. The summed E-state index contributed by atoms with van der Waals surface area (Å²) in [4.78, 5) is 12.7. The quantitative estimate of drug-likeness (QED) is 0.497. The molecule has 2 aromatic carbocycles. The summed E-state index contributed by atoms with van der Waals surface area (Å²) in [5.41, 5.74) is 4.24. The van der Waals surface area contributed by atoms with Crippen LogP contribution in [0.4, 0.5) is 5.82 Å². The number of nitrogens with one attached hydrogen (secondary N) is 1. The van der Waals surface area contributed by atoms with E-state index in [1.165, 1.54) is 5.56 Å². The van der Waals surface area contributed by atoms with Gasteiger partial charge in [0.1, 0.15) is 5.82 Å². The summed E-state index contributed by atoms with van der Waals surface area (Å²) in [5, 5.41) is 11.6. The predicted octanol–water partition coefficient (Wildman–Crippen LogP) is 4.73. The van der Waals surface area contributed by atoms with Crippen LogP contribution in [0.1, 0.15) is 47.8 Å². The molecule has 0 spiro atoms. The normalized spacial score (nSPS) is 11.5. The third-order valence-corrected chi connectivity index (χ3v) is 5.23. The minimum atomic E-state index is -0.157. The molecule has 0 aliphatic heterocycles. The summed E-state index contributed by atoms with van der Waals surface area (Å²) >= 11 is 0. The SMILES string of the molecule is CC(C)(C)c1ccc(Cn2nccc2NC(=O)c2ccc(Cn3cccn3)cc2)cc1. The van der Waals surface area contributed by atoms with Crippen LogP contribution in [0.25, 0.3) is 0 Å². The Bertz CT molecular complexity index is 1130. The lowest BCUT2D eigenvalue weighted by Crippen LogP contribution is -2.16. The first-order valence-electron chi connectivity index (χ1n) is 10.4. The molecule has 6 heteroatoms. The van der Waals surface area contributed by atoms with Gasteiger partial charge in [-0.2, -0.15) is 10.2 Å². The first kappa shape index (κ1) is 20.6. The average Bonchev–Trinajstić information content (AvgIpc) is 3.41. The molecule has 0 unspecified atom stereocenters. The minimum Gasteiger partial charge on any atom is -0.307 e. The smallest absolute Gasteiger partial charge is 0.256 e. The van der Waals surface area contributed by atoms with Gasteiger partial charge in [0.2, 0.25) is 0 Å². The number of anilines is 1. The van der Waals surface area contributed by atoms with Gasteiger partial charge in [0.25, 0.3) is 5.91 Å². The molecule has 158 valence electrons. The maximum atomic E-state index is 12.7. The molecular weight excluding hydrogens is 386 g/mol. The second-order valence-electron chi connectivity index (χ2n) is 8.68. The van der Waals surface area contributed by atoms with E-state index in [-0.39, 0.29) is 11.3 Å². The number of hydrogen-bond acceptors (Lipinski definition) is 3. The maximum Gasteiger partial charge on any atom is 0.256 e. The highest BCUT2D eigenvalue weighted by Crippen LogP contribution is 2.22. The summed E-state index contributed by atoms with van der Waals surface area (Å²) in [6, 6.07) is 19.8. The van der Waals surface area contributed by atoms with E-state index in [1.807, 2.05) is 47.3 Å². The molecule has 2 heterocycles. The van der Waals surface area contributed by atoms with E-state index in [4.69, 9.17) is 0 Å². The molecule has 0 fully saturated rings. The van der Waals surface area contributed by atoms with Gasteiger partial charge < -0.3 is 5.32 Å². The summed E-state index contributed by atoms with van der Waals surface area (Å²) in [7, 11) is 0. The third-order valence-electron chi connectivity index (χ3n) is 5.23. The van der Waals surface area contributed by atoms with E-state index in [0.717, 1.165) is 11.1 Å². The highest BCUT2D eigenvalue weighted by molar-refractivity contribution is 6.03. The van der Waals surface area contributed by atoms with Crippen LogP contribution in [-0.2, 0) is 18.5 Å². The fraction of sp³-hybridized carbons (Fsp3) is 0.240. The Labute approximate surface area is 182 Å². The Kier molecular flexibility index (Phi) is 5.71. The number of aromatic nitrogens is 4. The van der Waals surface area contributed by atoms with Crippen LogP contribution in [0.15, 0.2) is 79.3 Å². The lowest BCUT2D eigenvalue weighted by Gasteiger charge is -2.19. The third kappa shape index (κ3) is 5.09. The number of benzene rings is 2. The molecule has 6 nitrogen and oxygen atoms in total. The van der Waals surface area contributed by atoms with Crippen LogP contribution in [0.5, 0.6) is 0 Å². The Morgan fingerprint density at radius 1 is 0.871 bits per heavy atom. The molecule has 0 saturated carbocycles. The molecule has 1 amide bonds. The maximum absolute atomic E-state index is 12.7. The van der Waals surface area contributed by atoms with E-state index in [9.17, 15) is 4.79 Å². The van der Waals surface area contributed by atoms with Crippen molar-refractivity contribution in [3.8, 4) is 0 Å². The highest BCUT2D eigenvalue weighted by Gasteiger charge is 2.14. The van der Waals surface area contributed by atoms with Crippen molar-refractivity contribution in [1.29, 1.82) is 0 Å². The second-order valence-corrected chi connectivity index (χ2v) is 8.68. The molecule has 4 aromatic rings. The summed E-state index contributed by atoms with van der Waals surface area (Å²) in [6.07, 6.45) is 5.37. The van der Waals surface area contributed by atoms with Crippen LogP contribution < -0.4 is 5.32 Å². The van der Waals surface area contributed by atoms with Gasteiger partial charge in [-0.25, -0.2) is 4.68 Å². The fourth-order valence-corrected chi connectivity index (χ4v) is 3.38. The number of carbonyl (C=O) groups excluding carboxylic acids is 1. The minimum absolute atomic E-state index is 0.122. The number of amides is 1. The largest absolute Gasteiger partial charge is 0.307 e. The first-order chi connectivity index (χ1) is 14.9. The number of carbonyl (C=O) groups is 1. The zero-order valence-corrected chi connectivity index (χ0v) is 18.1. The molecule has 0 aliphatic carbocycles. The zero-order chi connectivity index (χ0) is 21.8. The Morgan fingerprint density at radius 3 is 2.19 bits per heavy atom. The van der Waals surface area contributed by atoms with Gasteiger partial charge in [0, 0.05) is 24.0 Å². The van der Waals surface area contributed by atoms with Crippen LogP contribution in [-0.4, -0.2) is 25.5 Å². The fourth-order valence-electron chi connectivity index (χ4n) is 3.38. The molecule has 31 heavy (non-hydrogen) atoms. The van der Waals surface area contributed by atoms with Gasteiger partial charge in [-0.3, -0.25) is 9.48 Å². The highest BCUT2D eigenvalue weighted by atomic mass is 16.1. The van der Waals surface area contributed by atoms with E-state index in [2.05, 4.69) is 60.6 Å². The molecular formula is C25H27N5O. The van der Waals surface area contributed by atoms with E-state index >= 15 is 0 Å². The zero-order valence-electron chi connectivity index (χ0n) is 18.1. The van der Waals surface area contributed by atoms with Gasteiger partial charge in [-0.05, 0) is 40.3 Å². The number of rotatable bonds is 6. The van der Waals surface area contributed by atoms with Gasteiger partial charge in [0.15, 0.2) is 0 Å². The molecule has 0 atom stereocenters. The van der Waals surface area contributed by atoms with Crippen molar-refractivity contribution in [2.75, 3.05) is 5.32 Å². The van der Waals surface area contributed by atoms with Gasteiger partial charge in [-0.1, -0.05) is 57.2 Å². The monoisotopic (exact) mass is 413 g/mol. The number of nitrogens with zero attached hydrogens (tertiary/aromatic N) is 4. The standard InChI is InChI=1S/C25H27N5O/c1-25(2,3)22-11-7-20(8-12-22)18-30-23(13-15-27-30)28-24(31)21-9-5-19(6-10-21)17-29-16-4-14-26-29/h4-16H,17-18H2,1-3H3,(H,28,31). The van der Waals surface area contributed by atoms with Crippen LogP contribution in [0.3, 0.4) is 0 Å². The molecule has 1 N–H and O–H groups in total. The molecule has 0 bridgehead atoms. The van der Waals surface area contributed by atoms with Crippen molar-refractivity contribution in [1.82, 2.24) is 19.6 Å². The Morgan fingerprint density at radius 2 is 1.55 bits per heavy atom. The van der Waals surface area contributed by atoms with E-state index in [0.29, 0.717) is 24.5 Å². The molecule has 4 rings (SSSR count). The lowest BCUT2D eigenvalue weighted by atomic mass is 9.87. The van der Waals surface area contributed by atoms with Crippen molar-refractivity contribution in [3.63, 3.8) is 0 Å². The molecule has 0 aliphatic rings.